The van der Waals surface area contributed by atoms with E-state index in [1.807, 2.05) is 29.2 Å². The molecule has 10 nitrogen and oxygen atoms in total. The first-order valence-electron chi connectivity index (χ1n) is 9.57. The Morgan fingerprint density at radius 3 is 2.45 bits per heavy atom. The maximum absolute atomic E-state index is 13.0. The third kappa shape index (κ3) is 3.18. The fourth-order valence-corrected chi connectivity index (χ4v) is 5.42. The van der Waals surface area contributed by atoms with Crippen LogP contribution in [0.25, 0.3) is 22.1 Å². The summed E-state index contributed by atoms with van der Waals surface area (Å²) < 4.78 is 33.3. The van der Waals surface area contributed by atoms with Crippen molar-refractivity contribution in [2.45, 2.75) is 4.90 Å². The van der Waals surface area contributed by atoms with Crippen LogP contribution in [0.15, 0.2) is 64.2 Å². The van der Waals surface area contributed by atoms with Crippen molar-refractivity contribution in [3.05, 3.63) is 65.0 Å². The highest BCUT2D eigenvalue weighted by Gasteiger charge is 2.34. The second-order valence-corrected chi connectivity index (χ2v) is 9.00. The summed E-state index contributed by atoms with van der Waals surface area (Å²) in [6, 6.07) is 13.0. The van der Waals surface area contributed by atoms with Crippen LogP contribution in [0.3, 0.4) is 0 Å². The smallest absolute Gasteiger partial charge is 0.289 e. The molecule has 1 aliphatic heterocycles. The molecule has 0 unspecified atom stereocenters. The maximum Gasteiger partial charge on any atom is 0.289 e. The Balaban J connectivity index is 1.43. The van der Waals surface area contributed by atoms with Gasteiger partial charge in [-0.1, -0.05) is 24.3 Å². The van der Waals surface area contributed by atoms with Crippen LogP contribution in [-0.2, 0) is 10.0 Å². The summed E-state index contributed by atoms with van der Waals surface area (Å²) in [6.45, 7) is 1.06. The van der Waals surface area contributed by atoms with Crippen LogP contribution < -0.4 is 4.90 Å². The first-order chi connectivity index (χ1) is 15.0. The van der Waals surface area contributed by atoms with E-state index in [-0.39, 0.29) is 18.0 Å². The van der Waals surface area contributed by atoms with Gasteiger partial charge in [0, 0.05) is 37.6 Å². The molecule has 0 atom stereocenters. The number of nitro groups is 1. The highest BCUT2D eigenvalue weighted by Crippen LogP contribution is 2.33. The first kappa shape index (κ1) is 19.4. The van der Waals surface area contributed by atoms with E-state index in [1.165, 1.54) is 34.9 Å². The van der Waals surface area contributed by atoms with Crippen molar-refractivity contribution in [1.29, 1.82) is 0 Å². The number of hydrogen-bond donors (Lipinski definition) is 0. The van der Waals surface area contributed by atoms with Crippen molar-refractivity contribution < 1.29 is 17.8 Å². The average Bonchev–Trinajstić information content (AvgIpc) is 3.18. The highest BCUT2D eigenvalue weighted by molar-refractivity contribution is 7.89. The van der Waals surface area contributed by atoms with Gasteiger partial charge < -0.3 is 9.32 Å². The molecule has 0 saturated carbocycles. The molecule has 0 aliphatic carbocycles. The van der Waals surface area contributed by atoms with Crippen molar-refractivity contribution in [2.75, 3.05) is 31.1 Å². The Bertz CT molecular complexity index is 1410. The minimum Gasteiger partial charge on any atom is -0.450 e. The summed E-state index contributed by atoms with van der Waals surface area (Å²) in [4.78, 5) is 21.0. The summed E-state index contributed by atoms with van der Waals surface area (Å²) >= 11 is 0. The summed E-state index contributed by atoms with van der Waals surface area (Å²) in [5.41, 5.74) is 1.54. The number of anilines is 1. The number of piperazine rings is 1. The second-order valence-electron chi connectivity index (χ2n) is 7.09. The molecule has 0 N–H and O–H groups in total. The number of hydrogen-bond acceptors (Lipinski definition) is 8. The van der Waals surface area contributed by atoms with Gasteiger partial charge in [-0.3, -0.25) is 10.1 Å². The monoisotopic (exact) mass is 439 g/mol. The molecule has 0 spiro atoms. The van der Waals surface area contributed by atoms with E-state index in [4.69, 9.17) is 4.42 Å². The van der Waals surface area contributed by atoms with Gasteiger partial charge in [0.25, 0.3) is 5.69 Å². The first-order valence-corrected chi connectivity index (χ1v) is 11.0. The lowest BCUT2D eigenvalue weighted by Crippen LogP contribution is -2.49. The molecule has 11 heteroatoms. The number of nitro benzene ring substituents is 1. The Hall–Kier alpha value is -3.57. The highest BCUT2D eigenvalue weighted by atomic mass is 32.2. The Kier molecular flexibility index (Phi) is 4.56. The number of rotatable bonds is 4. The van der Waals surface area contributed by atoms with Crippen LogP contribution in [0.5, 0.6) is 0 Å². The quantitative estimate of drug-likeness (QED) is 0.351. The maximum atomic E-state index is 13.0. The topological polar surface area (TPSA) is 123 Å². The number of fused-ring (bicyclic) bond motifs is 3. The van der Waals surface area contributed by atoms with Crippen LogP contribution in [0.4, 0.5) is 11.5 Å². The minimum atomic E-state index is -4.00. The molecule has 0 bridgehead atoms. The molecular weight excluding hydrogens is 422 g/mol. The third-order valence-electron chi connectivity index (χ3n) is 5.36. The summed E-state index contributed by atoms with van der Waals surface area (Å²) in [5, 5.41) is 12.2. The van der Waals surface area contributed by atoms with Crippen LogP contribution in [-0.4, -0.2) is 53.8 Å². The third-order valence-corrected chi connectivity index (χ3v) is 7.30. The minimum absolute atomic E-state index is 0.167. The lowest BCUT2D eigenvalue weighted by atomic mass is 10.2. The lowest BCUT2D eigenvalue weighted by Gasteiger charge is -2.34. The number of nitrogens with zero attached hydrogens (tertiary/aromatic N) is 5. The van der Waals surface area contributed by atoms with Crippen molar-refractivity contribution in [2.24, 2.45) is 0 Å². The van der Waals surface area contributed by atoms with Gasteiger partial charge in [-0.15, -0.1) is 0 Å². The van der Waals surface area contributed by atoms with E-state index in [0.29, 0.717) is 35.6 Å². The average molecular weight is 439 g/mol. The van der Waals surface area contributed by atoms with E-state index in [0.717, 1.165) is 5.39 Å². The standard InChI is InChI=1S/C20H17N5O5S/c26-25(27)15-6-2-4-8-17(15)31(28,29)24-11-9-23(10-12-24)20-19-18(21-13-22-20)14-5-1-3-7-16(14)30-19/h1-8,13H,9-12H2. The number of para-hydroxylation sites is 2. The van der Waals surface area contributed by atoms with Crippen molar-refractivity contribution >= 4 is 43.6 Å². The molecular formula is C20H17N5O5S. The number of benzene rings is 2. The molecule has 2 aromatic heterocycles. The Morgan fingerprint density at radius 1 is 0.968 bits per heavy atom. The predicted octanol–water partition coefficient (Wildman–Crippen LogP) is 2.80. The molecule has 1 aliphatic rings. The predicted molar refractivity (Wildman–Crippen MR) is 113 cm³/mol. The molecule has 5 rings (SSSR count). The zero-order valence-electron chi connectivity index (χ0n) is 16.2. The summed E-state index contributed by atoms with van der Waals surface area (Å²) in [5.74, 6) is 0.601. The molecule has 3 heterocycles. The Morgan fingerprint density at radius 2 is 1.68 bits per heavy atom. The van der Waals surface area contributed by atoms with E-state index >= 15 is 0 Å². The van der Waals surface area contributed by atoms with Crippen LogP contribution in [0, 0.1) is 10.1 Å². The van der Waals surface area contributed by atoms with E-state index < -0.39 is 20.6 Å². The fourth-order valence-electron chi connectivity index (χ4n) is 3.84. The molecule has 158 valence electrons. The van der Waals surface area contributed by atoms with E-state index in [1.54, 1.807) is 0 Å². The van der Waals surface area contributed by atoms with Crippen LogP contribution in [0.1, 0.15) is 0 Å². The molecule has 2 aromatic carbocycles. The van der Waals surface area contributed by atoms with Gasteiger partial charge in [0.1, 0.15) is 17.4 Å². The normalized spacial score (nSPS) is 15.5. The van der Waals surface area contributed by atoms with Gasteiger partial charge in [-0.2, -0.15) is 4.31 Å². The largest absolute Gasteiger partial charge is 0.450 e. The molecule has 4 aromatic rings. The summed E-state index contributed by atoms with van der Waals surface area (Å²) in [6.07, 6.45) is 1.47. The van der Waals surface area contributed by atoms with Gasteiger partial charge in [0.05, 0.1) is 4.92 Å². The van der Waals surface area contributed by atoms with Gasteiger partial charge in [-0.05, 0) is 18.2 Å². The summed E-state index contributed by atoms with van der Waals surface area (Å²) in [7, 11) is -4.00. The molecule has 1 saturated heterocycles. The molecule has 31 heavy (non-hydrogen) atoms. The fraction of sp³-hybridized carbons (Fsp3) is 0.200. The number of furan rings is 1. The van der Waals surface area contributed by atoms with Gasteiger partial charge in [0.2, 0.25) is 10.0 Å². The van der Waals surface area contributed by atoms with Gasteiger partial charge in [0.15, 0.2) is 16.3 Å². The van der Waals surface area contributed by atoms with Crippen molar-refractivity contribution in [3.8, 4) is 0 Å². The van der Waals surface area contributed by atoms with Gasteiger partial charge >= 0.3 is 0 Å². The van der Waals surface area contributed by atoms with Crippen LogP contribution in [0.2, 0.25) is 0 Å². The SMILES string of the molecule is O=[N+]([O-])c1ccccc1S(=O)(=O)N1CCN(c2ncnc3c2oc2ccccc23)CC1. The lowest BCUT2D eigenvalue weighted by molar-refractivity contribution is -0.387. The molecule has 1 fully saturated rings. The molecule has 0 radical (unpaired) electrons. The van der Waals surface area contributed by atoms with Crippen molar-refractivity contribution in [3.63, 3.8) is 0 Å². The second kappa shape index (κ2) is 7.29. The molecule has 0 amide bonds. The Labute approximate surface area is 176 Å². The van der Waals surface area contributed by atoms with E-state index in [2.05, 4.69) is 9.97 Å². The van der Waals surface area contributed by atoms with E-state index in [9.17, 15) is 18.5 Å². The number of aromatic nitrogens is 2. The van der Waals surface area contributed by atoms with Crippen LogP contribution >= 0.6 is 0 Å². The zero-order valence-corrected chi connectivity index (χ0v) is 17.0. The zero-order chi connectivity index (χ0) is 21.6. The van der Waals surface area contributed by atoms with Gasteiger partial charge in [-0.25, -0.2) is 18.4 Å². The number of sulfonamides is 1. The van der Waals surface area contributed by atoms with Crippen molar-refractivity contribution in [1.82, 2.24) is 14.3 Å².